The van der Waals surface area contributed by atoms with Crippen molar-refractivity contribution >= 4 is 34.9 Å². The Morgan fingerprint density at radius 2 is 2.09 bits per heavy atom. The summed E-state index contributed by atoms with van der Waals surface area (Å²) in [5.74, 6) is -0.789. The van der Waals surface area contributed by atoms with Crippen LogP contribution in [0.25, 0.3) is 0 Å². The molecule has 0 fully saturated rings. The van der Waals surface area contributed by atoms with Gasteiger partial charge in [0.15, 0.2) is 6.61 Å². The molecule has 0 aliphatic carbocycles. The number of nitrogens with zero attached hydrogens (tertiary/aromatic N) is 1. The molecule has 0 bridgehead atoms. The summed E-state index contributed by atoms with van der Waals surface area (Å²) >= 11 is 5.74. The van der Waals surface area contributed by atoms with Crippen LogP contribution in [0.1, 0.15) is 26.7 Å². The number of nitro benzene ring substituents is 1. The number of carbonyl (C=O) groups excluding carboxylic acids is 2. The summed E-state index contributed by atoms with van der Waals surface area (Å²) in [4.78, 5) is 33.3. The van der Waals surface area contributed by atoms with Crippen LogP contribution in [0.4, 0.5) is 11.4 Å². The minimum atomic E-state index is -0.664. The normalized spacial score (nSPS) is 10.4. The minimum absolute atomic E-state index is 0.0410. The lowest BCUT2D eigenvalue weighted by Crippen LogP contribution is -2.21. The lowest BCUT2D eigenvalue weighted by atomic mass is 10.1. The molecule has 7 nitrogen and oxygen atoms in total. The highest BCUT2D eigenvalue weighted by atomic mass is 35.5. The van der Waals surface area contributed by atoms with Gasteiger partial charge in [0.05, 0.1) is 4.92 Å². The predicted molar refractivity (Wildman–Crippen MR) is 81.8 cm³/mol. The van der Waals surface area contributed by atoms with Gasteiger partial charge in [-0.3, -0.25) is 19.7 Å². The zero-order valence-electron chi connectivity index (χ0n) is 12.3. The van der Waals surface area contributed by atoms with Crippen molar-refractivity contribution in [2.24, 2.45) is 5.92 Å². The average molecular weight is 329 g/mol. The monoisotopic (exact) mass is 328 g/mol. The summed E-state index contributed by atoms with van der Waals surface area (Å²) in [7, 11) is 0. The number of nitrogens with one attached hydrogen (secondary N) is 1. The standard InChI is InChI=1S/C14H17ClN2O5/c1-9(2)3-6-14(19)22-8-13(18)16-11-7-10(15)4-5-12(11)17(20)21/h4-5,7,9H,3,6,8H2,1-2H3,(H,16,18). The average Bonchev–Trinajstić information content (AvgIpc) is 2.42. The molecule has 120 valence electrons. The first-order valence-corrected chi connectivity index (χ1v) is 7.06. The van der Waals surface area contributed by atoms with Crippen molar-refractivity contribution in [3.8, 4) is 0 Å². The van der Waals surface area contributed by atoms with Gasteiger partial charge in [-0.15, -0.1) is 0 Å². The van der Waals surface area contributed by atoms with Gasteiger partial charge in [0.25, 0.3) is 11.6 Å². The first-order valence-electron chi connectivity index (χ1n) is 6.69. The van der Waals surface area contributed by atoms with Crippen LogP contribution < -0.4 is 5.32 Å². The Bertz CT molecular complexity index is 574. The number of amides is 1. The van der Waals surface area contributed by atoms with E-state index in [-0.39, 0.29) is 22.8 Å². The highest BCUT2D eigenvalue weighted by Crippen LogP contribution is 2.27. The summed E-state index contributed by atoms with van der Waals surface area (Å²) in [6, 6.07) is 3.80. The third-order valence-corrected chi connectivity index (χ3v) is 2.95. The zero-order chi connectivity index (χ0) is 16.7. The van der Waals surface area contributed by atoms with E-state index in [1.807, 2.05) is 13.8 Å². The molecule has 0 saturated carbocycles. The Morgan fingerprint density at radius 3 is 2.68 bits per heavy atom. The molecule has 0 saturated heterocycles. The van der Waals surface area contributed by atoms with Crippen molar-refractivity contribution in [3.05, 3.63) is 33.3 Å². The van der Waals surface area contributed by atoms with Gasteiger partial charge in [-0.05, 0) is 24.5 Å². The predicted octanol–water partition coefficient (Wildman–Crippen LogP) is 3.17. The number of benzene rings is 1. The zero-order valence-corrected chi connectivity index (χ0v) is 13.1. The summed E-state index contributed by atoms with van der Waals surface area (Å²) in [5.41, 5.74) is -0.329. The number of rotatable bonds is 7. The number of ether oxygens (including phenoxy) is 1. The molecule has 0 aromatic heterocycles. The molecule has 1 amide bonds. The quantitative estimate of drug-likeness (QED) is 0.471. The van der Waals surface area contributed by atoms with Crippen LogP contribution in [0.2, 0.25) is 5.02 Å². The van der Waals surface area contributed by atoms with E-state index in [1.54, 1.807) is 0 Å². The van der Waals surface area contributed by atoms with Gasteiger partial charge in [-0.25, -0.2) is 0 Å². The lowest BCUT2D eigenvalue weighted by Gasteiger charge is -2.08. The molecule has 0 spiro atoms. The van der Waals surface area contributed by atoms with Gasteiger partial charge in [-0.2, -0.15) is 0 Å². The molecule has 0 radical (unpaired) electrons. The van der Waals surface area contributed by atoms with E-state index in [0.717, 1.165) is 0 Å². The van der Waals surface area contributed by atoms with Crippen LogP contribution in [-0.4, -0.2) is 23.4 Å². The molecule has 0 heterocycles. The first-order chi connectivity index (χ1) is 10.3. The van der Waals surface area contributed by atoms with Crippen molar-refractivity contribution in [2.75, 3.05) is 11.9 Å². The van der Waals surface area contributed by atoms with Crippen molar-refractivity contribution in [2.45, 2.75) is 26.7 Å². The maximum absolute atomic E-state index is 11.7. The maximum Gasteiger partial charge on any atom is 0.306 e. The number of nitro groups is 1. The third kappa shape index (κ3) is 6.09. The van der Waals surface area contributed by atoms with Crippen LogP contribution in [0, 0.1) is 16.0 Å². The Morgan fingerprint density at radius 1 is 1.41 bits per heavy atom. The third-order valence-electron chi connectivity index (χ3n) is 2.72. The Balaban J connectivity index is 2.57. The van der Waals surface area contributed by atoms with E-state index in [9.17, 15) is 19.7 Å². The van der Waals surface area contributed by atoms with Crippen molar-refractivity contribution in [1.82, 2.24) is 0 Å². The van der Waals surface area contributed by atoms with Crippen LogP contribution in [0.3, 0.4) is 0 Å². The molecule has 1 N–H and O–H groups in total. The maximum atomic E-state index is 11.7. The van der Waals surface area contributed by atoms with Gasteiger partial charge in [0.1, 0.15) is 5.69 Å². The molecular weight excluding hydrogens is 312 g/mol. The summed E-state index contributed by atoms with van der Waals surface area (Å²) in [6.45, 7) is 3.44. The lowest BCUT2D eigenvalue weighted by molar-refractivity contribution is -0.383. The summed E-state index contributed by atoms with van der Waals surface area (Å²) in [5, 5.41) is 13.4. The van der Waals surface area contributed by atoms with E-state index in [4.69, 9.17) is 16.3 Å². The first kappa shape index (κ1) is 17.9. The summed E-state index contributed by atoms with van der Waals surface area (Å²) in [6.07, 6.45) is 0.891. The van der Waals surface area contributed by atoms with Crippen molar-refractivity contribution < 1.29 is 19.2 Å². The fourth-order valence-electron chi connectivity index (χ4n) is 1.58. The highest BCUT2D eigenvalue weighted by Gasteiger charge is 2.17. The highest BCUT2D eigenvalue weighted by molar-refractivity contribution is 6.31. The largest absolute Gasteiger partial charge is 0.456 e. The number of hydrogen-bond acceptors (Lipinski definition) is 5. The van der Waals surface area contributed by atoms with Crippen LogP contribution in [0.5, 0.6) is 0 Å². The fourth-order valence-corrected chi connectivity index (χ4v) is 1.75. The molecule has 0 unspecified atom stereocenters. The molecule has 1 aromatic rings. The van der Waals surface area contributed by atoms with E-state index >= 15 is 0 Å². The molecule has 0 aliphatic rings. The van der Waals surface area contributed by atoms with Gasteiger partial charge in [0, 0.05) is 17.5 Å². The molecule has 0 aliphatic heterocycles. The number of halogens is 1. The van der Waals surface area contributed by atoms with Crippen LogP contribution in [-0.2, 0) is 14.3 Å². The van der Waals surface area contributed by atoms with Gasteiger partial charge in [-0.1, -0.05) is 25.4 Å². The fraction of sp³-hybridized carbons (Fsp3) is 0.429. The van der Waals surface area contributed by atoms with Gasteiger partial charge < -0.3 is 10.1 Å². The van der Waals surface area contributed by atoms with E-state index in [0.29, 0.717) is 12.3 Å². The van der Waals surface area contributed by atoms with Crippen LogP contribution in [0.15, 0.2) is 18.2 Å². The number of esters is 1. The Labute approximate surface area is 132 Å². The smallest absolute Gasteiger partial charge is 0.306 e. The molecule has 0 atom stereocenters. The van der Waals surface area contributed by atoms with Crippen LogP contribution >= 0.6 is 11.6 Å². The molecule has 1 aromatic carbocycles. The summed E-state index contributed by atoms with van der Waals surface area (Å²) < 4.78 is 4.80. The molecule has 22 heavy (non-hydrogen) atoms. The van der Waals surface area contributed by atoms with Crippen molar-refractivity contribution in [1.29, 1.82) is 0 Å². The van der Waals surface area contributed by atoms with E-state index < -0.39 is 23.4 Å². The minimum Gasteiger partial charge on any atom is -0.456 e. The van der Waals surface area contributed by atoms with E-state index in [1.165, 1.54) is 18.2 Å². The molecule has 1 rings (SSSR count). The second-order valence-corrected chi connectivity index (χ2v) is 5.50. The second-order valence-electron chi connectivity index (χ2n) is 5.06. The number of hydrogen-bond donors (Lipinski definition) is 1. The SMILES string of the molecule is CC(C)CCC(=O)OCC(=O)Nc1cc(Cl)ccc1[N+](=O)[O-]. The molecular formula is C14H17ClN2O5. The second kappa shape index (κ2) is 8.33. The van der Waals surface area contributed by atoms with Gasteiger partial charge in [0.2, 0.25) is 0 Å². The Kier molecular flexibility index (Phi) is 6.78. The Hall–Kier alpha value is -2.15. The van der Waals surface area contributed by atoms with Crippen molar-refractivity contribution in [3.63, 3.8) is 0 Å². The molecule has 8 heteroatoms. The van der Waals surface area contributed by atoms with Gasteiger partial charge >= 0.3 is 5.97 Å². The topological polar surface area (TPSA) is 98.5 Å². The number of carbonyl (C=O) groups is 2. The van der Waals surface area contributed by atoms with E-state index in [2.05, 4.69) is 5.32 Å². The number of anilines is 1.